The Bertz CT molecular complexity index is 1380. The summed E-state index contributed by atoms with van der Waals surface area (Å²) >= 11 is 0. The van der Waals surface area contributed by atoms with Crippen LogP contribution in [0.3, 0.4) is 0 Å². The zero-order valence-electron chi connectivity index (χ0n) is 23.9. The number of hydrogen-bond acceptors (Lipinski definition) is 7. The standard InChI is InChI=1S/C34H37FO7/c1-2-3-4-5-8-19-11-13-20(14-12-19)22-16-15-21(17-26(22)35)40-31-28(25-18-27(36)41-32(25)37)23-9-6-7-10-24(23)29-30(31)34(39)42-33(29)38/h6-7,9-10,15-17,19-20,25,28-31H,2-5,8,11-14,18H2,1H3. The van der Waals surface area contributed by atoms with Crippen molar-refractivity contribution in [3.63, 3.8) is 0 Å². The minimum Gasteiger partial charge on any atom is -0.489 e. The van der Waals surface area contributed by atoms with Crippen molar-refractivity contribution < 1.29 is 37.8 Å². The van der Waals surface area contributed by atoms with Crippen LogP contribution in [0.5, 0.6) is 5.75 Å². The van der Waals surface area contributed by atoms with Gasteiger partial charge >= 0.3 is 23.9 Å². The van der Waals surface area contributed by atoms with Gasteiger partial charge in [0.15, 0.2) is 0 Å². The summed E-state index contributed by atoms with van der Waals surface area (Å²) in [7, 11) is 0. The summed E-state index contributed by atoms with van der Waals surface area (Å²) in [6, 6.07) is 11.8. The molecular formula is C34H37FO7. The number of cyclic esters (lactones) is 4. The Morgan fingerprint density at radius 2 is 1.57 bits per heavy atom. The zero-order valence-corrected chi connectivity index (χ0v) is 23.9. The molecule has 5 atom stereocenters. The minimum atomic E-state index is -1.05. The first-order valence-electron chi connectivity index (χ1n) is 15.4. The number of esters is 4. The lowest BCUT2D eigenvalue weighted by molar-refractivity contribution is -0.156. The van der Waals surface area contributed by atoms with Gasteiger partial charge in [0.25, 0.3) is 0 Å². The molecule has 5 unspecified atom stereocenters. The van der Waals surface area contributed by atoms with Crippen molar-refractivity contribution in [1.82, 2.24) is 0 Å². The fourth-order valence-electron chi connectivity index (χ4n) is 7.71. The molecule has 0 spiro atoms. The maximum absolute atomic E-state index is 15.6. The first-order chi connectivity index (χ1) is 20.4. The molecule has 2 aliphatic carbocycles. The lowest BCUT2D eigenvalue weighted by Crippen LogP contribution is -2.46. The Kier molecular flexibility index (Phi) is 8.15. The average Bonchev–Trinajstić information content (AvgIpc) is 3.47. The van der Waals surface area contributed by atoms with Crippen LogP contribution >= 0.6 is 0 Å². The first kappa shape index (κ1) is 28.6. The van der Waals surface area contributed by atoms with Gasteiger partial charge in [-0.05, 0) is 60.3 Å². The largest absolute Gasteiger partial charge is 0.489 e. The molecule has 0 amide bonds. The molecule has 4 aliphatic rings. The van der Waals surface area contributed by atoms with Gasteiger partial charge in [0.1, 0.15) is 23.6 Å². The molecule has 0 aromatic heterocycles. The second-order valence-corrected chi connectivity index (χ2v) is 12.3. The van der Waals surface area contributed by atoms with Gasteiger partial charge in [-0.15, -0.1) is 0 Å². The van der Waals surface area contributed by atoms with Crippen LogP contribution in [-0.4, -0.2) is 30.0 Å². The van der Waals surface area contributed by atoms with Crippen LogP contribution < -0.4 is 4.74 Å². The van der Waals surface area contributed by atoms with Gasteiger partial charge in [0, 0.05) is 12.0 Å². The maximum atomic E-state index is 15.6. The topological polar surface area (TPSA) is 96.0 Å². The molecule has 2 heterocycles. The van der Waals surface area contributed by atoms with Crippen LogP contribution in [0, 0.1) is 23.6 Å². The summed E-state index contributed by atoms with van der Waals surface area (Å²) in [4.78, 5) is 50.7. The van der Waals surface area contributed by atoms with Crippen molar-refractivity contribution >= 4 is 23.9 Å². The van der Waals surface area contributed by atoms with E-state index in [1.54, 1.807) is 36.4 Å². The predicted molar refractivity (Wildman–Crippen MR) is 150 cm³/mol. The first-order valence-corrected chi connectivity index (χ1v) is 15.4. The molecule has 2 aromatic carbocycles. The van der Waals surface area contributed by atoms with Gasteiger partial charge in [-0.1, -0.05) is 69.4 Å². The summed E-state index contributed by atoms with van der Waals surface area (Å²) in [5.41, 5.74) is 1.85. The zero-order chi connectivity index (χ0) is 29.4. The van der Waals surface area contributed by atoms with E-state index >= 15 is 4.39 Å². The molecular weight excluding hydrogens is 539 g/mol. The van der Waals surface area contributed by atoms with Gasteiger partial charge < -0.3 is 14.2 Å². The van der Waals surface area contributed by atoms with Crippen molar-refractivity contribution in [2.45, 2.75) is 95.0 Å². The van der Waals surface area contributed by atoms with E-state index in [0.29, 0.717) is 22.6 Å². The van der Waals surface area contributed by atoms with Gasteiger partial charge in [-0.25, -0.2) is 4.39 Å². The second-order valence-electron chi connectivity index (χ2n) is 12.3. The number of ether oxygens (including phenoxy) is 3. The molecule has 3 fully saturated rings. The summed E-state index contributed by atoms with van der Waals surface area (Å²) in [6.07, 6.45) is 9.21. The number of carbonyl (C=O) groups excluding carboxylic acids is 4. The van der Waals surface area contributed by atoms with Crippen LogP contribution in [0.1, 0.15) is 106 Å². The van der Waals surface area contributed by atoms with Crippen LogP contribution in [0.25, 0.3) is 0 Å². The predicted octanol–water partition coefficient (Wildman–Crippen LogP) is 6.49. The van der Waals surface area contributed by atoms with E-state index < -0.39 is 53.7 Å². The third kappa shape index (κ3) is 5.36. The third-order valence-electron chi connectivity index (χ3n) is 9.82. The molecule has 8 heteroatoms. The maximum Gasteiger partial charge on any atom is 0.322 e. The summed E-state index contributed by atoms with van der Waals surface area (Å²) in [5, 5.41) is 0. The number of halogens is 1. The van der Waals surface area contributed by atoms with Crippen molar-refractivity contribution in [3.05, 3.63) is 65.0 Å². The van der Waals surface area contributed by atoms with E-state index in [0.717, 1.165) is 25.7 Å². The number of benzene rings is 2. The fraction of sp³-hybridized carbons (Fsp3) is 0.529. The summed E-state index contributed by atoms with van der Waals surface area (Å²) in [6.45, 7) is 2.22. The van der Waals surface area contributed by atoms with Gasteiger partial charge in [-0.2, -0.15) is 0 Å². The van der Waals surface area contributed by atoms with Gasteiger partial charge in [-0.3, -0.25) is 19.2 Å². The molecule has 7 nitrogen and oxygen atoms in total. The third-order valence-corrected chi connectivity index (χ3v) is 9.82. The van der Waals surface area contributed by atoms with E-state index in [2.05, 4.69) is 6.92 Å². The van der Waals surface area contributed by atoms with E-state index in [4.69, 9.17) is 14.2 Å². The van der Waals surface area contributed by atoms with Gasteiger partial charge in [0.2, 0.25) is 0 Å². The van der Waals surface area contributed by atoms with Crippen LogP contribution in [0.4, 0.5) is 4.39 Å². The summed E-state index contributed by atoms with van der Waals surface area (Å²) in [5.74, 6) is -5.75. The SMILES string of the molecule is CCCCCCC1CCC(c2ccc(OC3C4C(=O)OC(=O)C4c4ccccc4C3C3CC(=O)OC3=O)cc2F)CC1. The quantitative estimate of drug-likeness (QED) is 0.191. The molecule has 2 saturated heterocycles. The normalized spacial score (nSPS) is 30.5. The van der Waals surface area contributed by atoms with Crippen molar-refractivity contribution in [3.8, 4) is 5.75 Å². The van der Waals surface area contributed by atoms with E-state index in [-0.39, 0.29) is 23.9 Å². The molecule has 42 heavy (non-hydrogen) atoms. The summed E-state index contributed by atoms with van der Waals surface area (Å²) < 4.78 is 31.8. The van der Waals surface area contributed by atoms with Crippen molar-refractivity contribution in [1.29, 1.82) is 0 Å². The molecule has 1 saturated carbocycles. The molecule has 0 bridgehead atoms. The number of carbonyl (C=O) groups is 4. The molecule has 2 aliphatic heterocycles. The highest BCUT2D eigenvalue weighted by atomic mass is 19.1. The molecule has 2 aromatic rings. The molecule has 0 radical (unpaired) electrons. The Morgan fingerprint density at radius 1 is 0.810 bits per heavy atom. The van der Waals surface area contributed by atoms with Crippen molar-refractivity contribution in [2.24, 2.45) is 17.8 Å². The van der Waals surface area contributed by atoms with Crippen LogP contribution in [0.15, 0.2) is 42.5 Å². The lowest BCUT2D eigenvalue weighted by Gasteiger charge is -2.40. The Balaban J connectivity index is 1.24. The smallest absolute Gasteiger partial charge is 0.322 e. The number of hydrogen-bond donors (Lipinski definition) is 0. The van der Waals surface area contributed by atoms with Crippen LogP contribution in [0.2, 0.25) is 0 Å². The van der Waals surface area contributed by atoms with Gasteiger partial charge in [0.05, 0.1) is 18.3 Å². The molecule has 6 rings (SSSR count). The van der Waals surface area contributed by atoms with Crippen LogP contribution in [-0.2, 0) is 28.7 Å². The highest BCUT2D eigenvalue weighted by Gasteiger charge is 2.60. The highest BCUT2D eigenvalue weighted by molar-refractivity contribution is 6.01. The lowest BCUT2D eigenvalue weighted by atomic mass is 9.65. The van der Waals surface area contributed by atoms with Crippen molar-refractivity contribution in [2.75, 3.05) is 0 Å². The second kappa shape index (κ2) is 12.0. The fourth-order valence-corrected chi connectivity index (χ4v) is 7.71. The Hall–Kier alpha value is -3.55. The number of unbranched alkanes of at least 4 members (excludes halogenated alkanes) is 3. The Morgan fingerprint density at radius 3 is 2.26 bits per heavy atom. The number of fused-ring (bicyclic) bond motifs is 3. The monoisotopic (exact) mass is 576 g/mol. The van der Waals surface area contributed by atoms with E-state index in [1.165, 1.54) is 38.2 Å². The average molecular weight is 577 g/mol. The minimum absolute atomic E-state index is 0.145. The Labute approximate surface area is 245 Å². The highest BCUT2D eigenvalue weighted by Crippen LogP contribution is 2.52. The van der Waals surface area contributed by atoms with E-state index in [1.807, 2.05) is 0 Å². The number of rotatable bonds is 9. The molecule has 0 N–H and O–H groups in total. The molecule has 222 valence electrons. The van der Waals surface area contributed by atoms with E-state index in [9.17, 15) is 19.2 Å².